The molecule has 3 rings (SSSR count). The van der Waals surface area contributed by atoms with Gasteiger partial charge in [0.15, 0.2) is 5.96 Å². The van der Waals surface area contributed by atoms with Gasteiger partial charge in [0.05, 0.1) is 31.1 Å². The van der Waals surface area contributed by atoms with Crippen molar-refractivity contribution in [3.63, 3.8) is 0 Å². The van der Waals surface area contributed by atoms with E-state index in [1.54, 1.807) is 0 Å². The highest BCUT2D eigenvalue weighted by molar-refractivity contribution is 5.79. The van der Waals surface area contributed by atoms with Crippen LogP contribution in [0, 0.1) is 0 Å². The van der Waals surface area contributed by atoms with Gasteiger partial charge in [0.25, 0.3) is 0 Å². The van der Waals surface area contributed by atoms with Crippen molar-refractivity contribution < 1.29 is 9.47 Å². The molecule has 6 heteroatoms. The zero-order valence-corrected chi connectivity index (χ0v) is 15.2. The average Bonchev–Trinajstić information content (AvgIpc) is 2.69. The molecule has 3 heterocycles. The first-order chi connectivity index (χ1) is 12.3. The maximum atomic E-state index is 6.09. The number of hydrogen-bond donors (Lipinski definition) is 1. The van der Waals surface area contributed by atoms with Gasteiger partial charge in [0, 0.05) is 32.9 Å². The fourth-order valence-corrected chi connectivity index (χ4v) is 3.42. The normalized spacial score (nSPS) is 22.8. The number of pyridine rings is 1. The summed E-state index contributed by atoms with van der Waals surface area (Å²) in [5.41, 5.74) is 1.02. The molecule has 2 aliphatic rings. The van der Waals surface area contributed by atoms with Crippen molar-refractivity contribution in [1.82, 2.24) is 15.2 Å². The summed E-state index contributed by atoms with van der Waals surface area (Å²) in [5.74, 6) is 0.944. The summed E-state index contributed by atoms with van der Waals surface area (Å²) >= 11 is 0. The Labute approximate surface area is 150 Å². The molecule has 25 heavy (non-hydrogen) atoms. The molecular formula is C19H30N4O2. The number of ether oxygens (including phenoxy) is 2. The summed E-state index contributed by atoms with van der Waals surface area (Å²) in [6.07, 6.45) is 8.15. The standard InChI is InChI=1S/C19H30N4O2/c1-20-19(22-14-16-6-2-4-10-21-16)23-11-8-17(9-12-23)25-15-18-7-3-5-13-24-18/h2,4,6,10,17-18H,3,5,7-9,11-15H2,1H3,(H,20,22). The molecule has 1 aromatic heterocycles. The Kier molecular flexibility index (Phi) is 7.06. The SMILES string of the molecule is CN=C(NCc1ccccn1)N1CCC(OCC2CCCCO2)CC1. The molecule has 1 atom stereocenters. The first kappa shape index (κ1) is 18.1. The number of guanidine groups is 1. The summed E-state index contributed by atoms with van der Waals surface area (Å²) in [6, 6.07) is 5.96. The lowest BCUT2D eigenvalue weighted by molar-refractivity contribution is -0.0721. The molecule has 1 unspecified atom stereocenters. The van der Waals surface area contributed by atoms with E-state index in [0.717, 1.165) is 57.2 Å². The lowest BCUT2D eigenvalue weighted by Gasteiger charge is -2.35. The van der Waals surface area contributed by atoms with Gasteiger partial charge < -0.3 is 19.7 Å². The maximum Gasteiger partial charge on any atom is 0.193 e. The molecule has 0 saturated carbocycles. The van der Waals surface area contributed by atoms with Crippen LogP contribution in [0.2, 0.25) is 0 Å². The van der Waals surface area contributed by atoms with Crippen LogP contribution in [0.5, 0.6) is 0 Å². The smallest absolute Gasteiger partial charge is 0.193 e. The van der Waals surface area contributed by atoms with Crippen LogP contribution in [-0.4, -0.2) is 61.4 Å². The van der Waals surface area contributed by atoms with Gasteiger partial charge >= 0.3 is 0 Å². The van der Waals surface area contributed by atoms with E-state index in [2.05, 4.69) is 20.2 Å². The second-order valence-corrected chi connectivity index (χ2v) is 6.73. The molecule has 0 aliphatic carbocycles. The van der Waals surface area contributed by atoms with E-state index in [1.807, 2.05) is 31.4 Å². The van der Waals surface area contributed by atoms with Gasteiger partial charge in [-0.2, -0.15) is 0 Å². The zero-order valence-electron chi connectivity index (χ0n) is 15.2. The van der Waals surface area contributed by atoms with E-state index < -0.39 is 0 Å². The van der Waals surface area contributed by atoms with Gasteiger partial charge in [-0.3, -0.25) is 9.98 Å². The Balaban J connectivity index is 1.38. The summed E-state index contributed by atoms with van der Waals surface area (Å²) < 4.78 is 11.8. The molecule has 0 spiro atoms. The predicted octanol–water partition coefficient (Wildman–Crippen LogP) is 2.21. The van der Waals surface area contributed by atoms with E-state index in [-0.39, 0.29) is 0 Å². The van der Waals surface area contributed by atoms with Gasteiger partial charge in [-0.1, -0.05) is 6.07 Å². The Bertz CT molecular complexity index is 523. The molecule has 2 fully saturated rings. The number of nitrogens with zero attached hydrogens (tertiary/aromatic N) is 3. The summed E-state index contributed by atoms with van der Waals surface area (Å²) in [7, 11) is 1.84. The minimum absolute atomic E-state index is 0.305. The molecule has 1 aromatic rings. The van der Waals surface area contributed by atoms with Gasteiger partial charge in [-0.25, -0.2) is 0 Å². The van der Waals surface area contributed by atoms with Crippen molar-refractivity contribution in [2.24, 2.45) is 4.99 Å². The highest BCUT2D eigenvalue weighted by Crippen LogP contribution is 2.18. The maximum absolute atomic E-state index is 6.09. The third-order valence-corrected chi connectivity index (χ3v) is 4.90. The van der Waals surface area contributed by atoms with Gasteiger partial charge in [0.2, 0.25) is 0 Å². The van der Waals surface area contributed by atoms with Crippen molar-refractivity contribution in [3.8, 4) is 0 Å². The van der Waals surface area contributed by atoms with E-state index in [9.17, 15) is 0 Å². The number of likely N-dealkylation sites (tertiary alicyclic amines) is 1. The number of aromatic nitrogens is 1. The summed E-state index contributed by atoms with van der Waals surface area (Å²) in [5, 5.41) is 3.41. The molecule has 0 aromatic carbocycles. The van der Waals surface area contributed by atoms with Crippen molar-refractivity contribution >= 4 is 5.96 Å². The van der Waals surface area contributed by atoms with Crippen LogP contribution in [0.1, 0.15) is 37.8 Å². The van der Waals surface area contributed by atoms with Crippen LogP contribution in [0.15, 0.2) is 29.4 Å². The Morgan fingerprint density at radius 2 is 2.20 bits per heavy atom. The molecular weight excluding hydrogens is 316 g/mol. The summed E-state index contributed by atoms with van der Waals surface area (Å²) in [4.78, 5) is 11.1. The molecule has 2 saturated heterocycles. The monoisotopic (exact) mass is 346 g/mol. The first-order valence-corrected chi connectivity index (χ1v) is 9.44. The minimum atomic E-state index is 0.305. The molecule has 6 nitrogen and oxygen atoms in total. The van der Waals surface area contributed by atoms with Crippen LogP contribution in [0.4, 0.5) is 0 Å². The number of piperidine rings is 1. The van der Waals surface area contributed by atoms with Crippen LogP contribution in [-0.2, 0) is 16.0 Å². The fourth-order valence-electron chi connectivity index (χ4n) is 3.42. The molecule has 138 valence electrons. The number of hydrogen-bond acceptors (Lipinski definition) is 4. The van der Waals surface area contributed by atoms with Crippen LogP contribution in [0.25, 0.3) is 0 Å². The fraction of sp³-hybridized carbons (Fsp3) is 0.684. The highest BCUT2D eigenvalue weighted by atomic mass is 16.5. The van der Waals surface area contributed by atoms with E-state index in [0.29, 0.717) is 18.8 Å². The van der Waals surface area contributed by atoms with E-state index >= 15 is 0 Å². The Morgan fingerprint density at radius 3 is 2.88 bits per heavy atom. The van der Waals surface area contributed by atoms with Crippen molar-refractivity contribution in [2.75, 3.05) is 33.4 Å². The lowest BCUT2D eigenvalue weighted by atomic mass is 10.1. The Morgan fingerprint density at radius 1 is 1.32 bits per heavy atom. The Hall–Kier alpha value is -1.66. The molecule has 0 amide bonds. The van der Waals surface area contributed by atoms with Crippen molar-refractivity contribution in [3.05, 3.63) is 30.1 Å². The minimum Gasteiger partial charge on any atom is -0.376 e. The highest BCUT2D eigenvalue weighted by Gasteiger charge is 2.23. The molecule has 1 N–H and O–H groups in total. The topological polar surface area (TPSA) is 59.0 Å². The number of nitrogens with one attached hydrogen (secondary N) is 1. The van der Waals surface area contributed by atoms with Crippen LogP contribution >= 0.6 is 0 Å². The zero-order chi connectivity index (χ0) is 17.3. The van der Waals surface area contributed by atoms with Gasteiger partial charge in [-0.15, -0.1) is 0 Å². The lowest BCUT2D eigenvalue weighted by Crippen LogP contribution is -2.47. The second-order valence-electron chi connectivity index (χ2n) is 6.73. The largest absolute Gasteiger partial charge is 0.376 e. The third-order valence-electron chi connectivity index (χ3n) is 4.90. The van der Waals surface area contributed by atoms with Gasteiger partial charge in [-0.05, 0) is 44.2 Å². The van der Waals surface area contributed by atoms with Gasteiger partial charge in [0.1, 0.15) is 0 Å². The quantitative estimate of drug-likeness (QED) is 0.654. The summed E-state index contributed by atoms with van der Waals surface area (Å²) in [6.45, 7) is 4.28. The predicted molar refractivity (Wildman–Crippen MR) is 98.6 cm³/mol. The molecule has 2 aliphatic heterocycles. The number of rotatable bonds is 5. The van der Waals surface area contributed by atoms with Crippen LogP contribution < -0.4 is 5.32 Å². The van der Waals surface area contributed by atoms with E-state index in [1.165, 1.54) is 12.8 Å². The third kappa shape index (κ3) is 5.68. The first-order valence-electron chi connectivity index (χ1n) is 9.44. The van der Waals surface area contributed by atoms with Crippen molar-refractivity contribution in [1.29, 1.82) is 0 Å². The van der Waals surface area contributed by atoms with Crippen molar-refractivity contribution in [2.45, 2.75) is 50.9 Å². The molecule has 0 bridgehead atoms. The average molecular weight is 346 g/mol. The van der Waals surface area contributed by atoms with E-state index in [4.69, 9.17) is 9.47 Å². The van der Waals surface area contributed by atoms with Crippen LogP contribution in [0.3, 0.4) is 0 Å². The second kappa shape index (κ2) is 9.73. The molecule has 0 radical (unpaired) electrons. The number of aliphatic imine (C=N–C) groups is 1.